The van der Waals surface area contributed by atoms with Crippen LogP contribution in [0.15, 0.2) is 42.5 Å². The fourth-order valence-electron chi connectivity index (χ4n) is 1.73. The van der Waals surface area contributed by atoms with Gasteiger partial charge in [-0.1, -0.05) is 35.9 Å². The van der Waals surface area contributed by atoms with Gasteiger partial charge in [-0.25, -0.2) is 0 Å². The number of hydrogen-bond acceptors (Lipinski definition) is 2. The van der Waals surface area contributed by atoms with E-state index in [0.717, 1.165) is 11.1 Å². The Labute approximate surface area is 116 Å². The first-order valence-electron chi connectivity index (χ1n) is 5.89. The van der Waals surface area contributed by atoms with Gasteiger partial charge in [-0.2, -0.15) is 0 Å². The number of aromatic hydroxyl groups is 1. The first-order chi connectivity index (χ1) is 9.08. The Morgan fingerprint density at radius 3 is 2.68 bits per heavy atom. The van der Waals surface area contributed by atoms with Crippen LogP contribution >= 0.6 is 11.6 Å². The highest BCUT2D eigenvalue weighted by Gasteiger charge is 2.08. The number of phenols is 1. The van der Waals surface area contributed by atoms with E-state index in [9.17, 15) is 9.90 Å². The molecule has 19 heavy (non-hydrogen) atoms. The van der Waals surface area contributed by atoms with Gasteiger partial charge in [0, 0.05) is 12.1 Å². The Kier molecular flexibility index (Phi) is 4.07. The first kappa shape index (κ1) is 13.4. The molecule has 0 saturated carbocycles. The molecule has 1 amide bonds. The van der Waals surface area contributed by atoms with Gasteiger partial charge in [-0.05, 0) is 36.2 Å². The highest BCUT2D eigenvalue weighted by Crippen LogP contribution is 2.23. The van der Waals surface area contributed by atoms with E-state index < -0.39 is 0 Å². The van der Waals surface area contributed by atoms with E-state index in [1.165, 1.54) is 18.2 Å². The molecule has 0 heterocycles. The Hall–Kier alpha value is -2.00. The van der Waals surface area contributed by atoms with Crippen molar-refractivity contribution in [1.82, 2.24) is 5.32 Å². The van der Waals surface area contributed by atoms with Crippen LogP contribution in [0.25, 0.3) is 0 Å². The molecule has 0 radical (unpaired) electrons. The van der Waals surface area contributed by atoms with Gasteiger partial charge in [0.15, 0.2) is 0 Å². The van der Waals surface area contributed by atoms with Crippen LogP contribution in [0.3, 0.4) is 0 Å². The number of nitrogens with one attached hydrogen (secondary N) is 1. The molecule has 98 valence electrons. The zero-order chi connectivity index (χ0) is 13.8. The average molecular weight is 276 g/mol. The second kappa shape index (κ2) is 5.76. The quantitative estimate of drug-likeness (QED) is 0.903. The number of halogens is 1. The summed E-state index contributed by atoms with van der Waals surface area (Å²) in [7, 11) is 0. The summed E-state index contributed by atoms with van der Waals surface area (Å²) in [6.45, 7) is 2.46. The minimum atomic E-state index is -0.217. The third kappa shape index (κ3) is 3.26. The van der Waals surface area contributed by atoms with E-state index in [-0.39, 0.29) is 16.7 Å². The third-order valence-electron chi connectivity index (χ3n) is 2.91. The molecule has 2 N–H and O–H groups in total. The van der Waals surface area contributed by atoms with E-state index in [1.807, 2.05) is 31.2 Å². The molecular weight excluding hydrogens is 262 g/mol. The smallest absolute Gasteiger partial charge is 0.251 e. The van der Waals surface area contributed by atoms with Crippen molar-refractivity contribution in [2.24, 2.45) is 0 Å². The van der Waals surface area contributed by atoms with Gasteiger partial charge >= 0.3 is 0 Å². The monoisotopic (exact) mass is 275 g/mol. The Balaban J connectivity index is 2.05. The Bertz CT molecular complexity index is 611. The van der Waals surface area contributed by atoms with Crippen LogP contribution in [0.5, 0.6) is 5.75 Å². The minimum Gasteiger partial charge on any atom is -0.506 e. The summed E-state index contributed by atoms with van der Waals surface area (Å²) in [5.74, 6) is -0.248. The summed E-state index contributed by atoms with van der Waals surface area (Å²) in [5, 5.41) is 12.3. The van der Waals surface area contributed by atoms with E-state index in [1.54, 1.807) is 0 Å². The molecule has 0 spiro atoms. The second-order valence-electron chi connectivity index (χ2n) is 4.28. The lowest BCUT2D eigenvalue weighted by Gasteiger charge is -2.08. The molecule has 0 aromatic heterocycles. The van der Waals surface area contributed by atoms with Gasteiger partial charge < -0.3 is 10.4 Å². The van der Waals surface area contributed by atoms with Crippen LogP contribution in [0.2, 0.25) is 5.02 Å². The molecule has 0 atom stereocenters. The molecule has 0 aliphatic heterocycles. The molecule has 0 aliphatic carbocycles. The highest BCUT2D eigenvalue weighted by atomic mass is 35.5. The normalized spacial score (nSPS) is 10.2. The topological polar surface area (TPSA) is 49.3 Å². The van der Waals surface area contributed by atoms with E-state index >= 15 is 0 Å². The van der Waals surface area contributed by atoms with Crippen molar-refractivity contribution in [3.05, 3.63) is 64.2 Å². The van der Waals surface area contributed by atoms with Crippen LogP contribution in [0.4, 0.5) is 0 Å². The molecule has 2 aromatic carbocycles. The summed E-state index contributed by atoms with van der Waals surface area (Å²) in [6, 6.07) is 12.3. The maximum atomic E-state index is 11.9. The van der Waals surface area contributed by atoms with Gasteiger partial charge in [0.05, 0.1) is 5.02 Å². The molecule has 3 nitrogen and oxygen atoms in total. The van der Waals surface area contributed by atoms with Crippen LogP contribution in [0.1, 0.15) is 21.5 Å². The maximum absolute atomic E-state index is 11.9. The van der Waals surface area contributed by atoms with Gasteiger partial charge in [-0.3, -0.25) is 4.79 Å². The summed E-state index contributed by atoms with van der Waals surface area (Å²) in [6.07, 6.45) is 0. The van der Waals surface area contributed by atoms with Crippen LogP contribution in [0, 0.1) is 6.92 Å². The van der Waals surface area contributed by atoms with Crippen molar-refractivity contribution < 1.29 is 9.90 Å². The average Bonchev–Trinajstić information content (AvgIpc) is 2.40. The molecule has 4 heteroatoms. The lowest BCUT2D eigenvalue weighted by Crippen LogP contribution is -2.23. The zero-order valence-corrected chi connectivity index (χ0v) is 11.2. The molecule has 0 unspecified atom stereocenters. The number of carbonyl (C=O) groups is 1. The number of hydrogen-bond donors (Lipinski definition) is 2. The summed E-state index contributed by atoms with van der Waals surface area (Å²) < 4.78 is 0. The Morgan fingerprint density at radius 2 is 2.00 bits per heavy atom. The first-order valence-corrected chi connectivity index (χ1v) is 6.27. The largest absolute Gasteiger partial charge is 0.506 e. The van der Waals surface area contributed by atoms with Gasteiger partial charge in [0.1, 0.15) is 5.75 Å². The number of carbonyl (C=O) groups excluding carboxylic acids is 1. The molecule has 2 rings (SSSR count). The fourth-order valence-corrected chi connectivity index (χ4v) is 1.91. The van der Waals surface area contributed by atoms with Crippen molar-refractivity contribution in [2.75, 3.05) is 0 Å². The van der Waals surface area contributed by atoms with Crippen molar-refractivity contribution in [3.8, 4) is 5.75 Å². The number of rotatable bonds is 3. The van der Waals surface area contributed by atoms with Crippen molar-refractivity contribution in [3.63, 3.8) is 0 Å². The highest BCUT2D eigenvalue weighted by molar-refractivity contribution is 6.32. The predicted octanol–water partition coefficient (Wildman–Crippen LogP) is 3.28. The number of amides is 1. The molecule has 0 aliphatic rings. The molecular formula is C15H14ClNO2. The predicted molar refractivity (Wildman–Crippen MR) is 75.5 cm³/mol. The SMILES string of the molecule is Cc1ccccc1CNC(=O)c1ccc(O)c(Cl)c1. The van der Waals surface area contributed by atoms with Crippen molar-refractivity contribution in [2.45, 2.75) is 13.5 Å². The van der Waals surface area contributed by atoms with E-state index in [2.05, 4.69) is 5.32 Å². The van der Waals surface area contributed by atoms with Crippen LogP contribution in [-0.2, 0) is 6.54 Å². The molecule has 0 saturated heterocycles. The minimum absolute atomic E-state index is 0.0304. The maximum Gasteiger partial charge on any atom is 0.251 e. The van der Waals surface area contributed by atoms with Gasteiger partial charge in [0.2, 0.25) is 0 Å². The molecule has 2 aromatic rings. The van der Waals surface area contributed by atoms with Crippen LogP contribution < -0.4 is 5.32 Å². The standard InChI is InChI=1S/C15H14ClNO2/c1-10-4-2-3-5-12(10)9-17-15(19)11-6-7-14(18)13(16)8-11/h2-8,18H,9H2,1H3,(H,17,19). The second-order valence-corrected chi connectivity index (χ2v) is 4.68. The third-order valence-corrected chi connectivity index (χ3v) is 3.21. The number of aryl methyl sites for hydroxylation is 1. The summed E-state index contributed by atoms with van der Waals surface area (Å²) in [4.78, 5) is 11.9. The van der Waals surface area contributed by atoms with Crippen LogP contribution in [-0.4, -0.2) is 11.0 Å². The number of phenolic OH excluding ortho intramolecular Hbond substituents is 1. The number of benzene rings is 2. The lowest BCUT2D eigenvalue weighted by atomic mass is 10.1. The van der Waals surface area contributed by atoms with Gasteiger partial charge in [0.25, 0.3) is 5.91 Å². The summed E-state index contributed by atoms with van der Waals surface area (Å²) >= 11 is 5.77. The van der Waals surface area contributed by atoms with E-state index in [0.29, 0.717) is 12.1 Å². The van der Waals surface area contributed by atoms with Gasteiger partial charge in [-0.15, -0.1) is 0 Å². The van der Waals surface area contributed by atoms with E-state index in [4.69, 9.17) is 11.6 Å². The lowest BCUT2D eigenvalue weighted by molar-refractivity contribution is 0.0951. The summed E-state index contributed by atoms with van der Waals surface area (Å²) in [5.41, 5.74) is 2.63. The fraction of sp³-hybridized carbons (Fsp3) is 0.133. The van der Waals surface area contributed by atoms with Crippen molar-refractivity contribution in [1.29, 1.82) is 0 Å². The molecule has 0 bridgehead atoms. The van der Waals surface area contributed by atoms with Crippen molar-refractivity contribution >= 4 is 17.5 Å². The Morgan fingerprint density at radius 1 is 1.26 bits per heavy atom. The zero-order valence-electron chi connectivity index (χ0n) is 10.5. The molecule has 0 fully saturated rings.